The molecule has 2 amide bonds. The van der Waals surface area contributed by atoms with Crippen LogP contribution in [0.25, 0.3) is 0 Å². The summed E-state index contributed by atoms with van der Waals surface area (Å²) in [5, 5.41) is 11.0. The van der Waals surface area contributed by atoms with Crippen molar-refractivity contribution in [1.82, 2.24) is 10.9 Å². The van der Waals surface area contributed by atoms with E-state index < -0.39 is 29.6 Å². The predicted molar refractivity (Wildman–Crippen MR) is 72.5 cm³/mol. The molecule has 0 radical (unpaired) electrons. The maximum atomic E-state index is 12.0. The monoisotopic (exact) mass is 357 g/mol. The molecule has 1 saturated carbocycles. The molecule has 0 spiro atoms. The molecule has 2 N–H and O–H groups in total. The third-order valence-corrected chi connectivity index (χ3v) is 3.93. The number of carboxylic acid groups (broad SMARTS) is 1. The molecule has 8 heteroatoms. The Morgan fingerprint density at radius 1 is 1.14 bits per heavy atom. The fourth-order valence-corrected chi connectivity index (χ4v) is 2.74. The first-order valence-corrected chi connectivity index (χ1v) is 7.34. The van der Waals surface area contributed by atoms with E-state index in [4.69, 9.17) is 4.42 Å². The molecule has 0 aliphatic heterocycles. The third kappa shape index (κ3) is 3.84. The van der Waals surface area contributed by atoms with E-state index in [9.17, 15) is 19.5 Å². The van der Waals surface area contributed by atoms with E-state index in [2.05, 4.69) is 26.8 Å². The first-order chi connectivity index (χ1) is 9.99. The summed E-state index contributed by atoms with van der Waals surface area (Å²) in [4.78, 5) is 34.7. The van der Waals surface area contributed by atoms with Gasteiger partial charge in [0.05, 0.1) is 0 Å². The van der Waals surface area contributed by atoms with E-state index in [1.165, 1.54) is 6.07 Å². The average molecular weight is 358 g/mol. The number of carboxylic acids is 1. The Hall–Kier alpha value is -1.83. The van der Waals surface area contributed by atoms with Gasteiger partial charge in [0.2, 0.25) is 5.91 Å². The van der Waals surface area contributed by atoms with Crippen LogP contribution in [0.2, 0.25) is 0 Å². The van der Waals surface area contributed by atoms with Gasteiger partial charge in [0, 0.05) is 17.8 Å². The van der Waals surface area contributed by atoms with Gasteiger partial charge in [0.25, 0.3) is 0 Å². The maximum absolute atomic E-state index is 12.0. The summed E-state index contributed by atoms with van der Waals surface area (Å²) in [5.41, 5.74) is 4.44. The van der Waals surface area contributed by atoms with Gasteiger partial charge in [0.15, 0.2) is 10.4 Å². The first kappa shape index (κ1) is 15.6. The van der Waals surface area contributed by atoms with Gasteiger partial charge in [-0.2, -0.15) is 0 Å². The van der Waals surface area contributed by atoms with Crippen molar-refractivity contribution >= 4 is 33.7 Å². The van der Waals surface area contributed by atoms with Gasteiger partial charge in [0.1, 0.15) is 0 Å². The van der Waals surface area contributed by atoms with Crippen LogP contribution in [0, 0.1) is 11.8 Å². The summed E-state index contributed by atoms with van der Waals surface area (Å²) in [5.74, 6) is -3.84. The van der Waals surface area contributed by atoms with E-state index in [0.29, 0.717) is 17.5 Å². The minimum absolute atomic E-state index is 0.0299. The van der Waals surface area contributed by atoms with Crippen LogP contribution in [0.3, 0.4) is 0 Å². The topological polar surface area (TPSA) is 111 Å². The Morgan fingerprint density at radius 3 is 2.38 bits per heavy atom. The van der Waals surface area contributed by atoms with Crippen molar-refractivity contribution in [1.29, 1.82) is 0 Å². The number of halogens is 1. The Kier molecular flexibility index (Phi) is 5.00. The summed E-state index contributed by atoms with van der Waals surface area (Å²) in [6.45, 7) is 0. The molecule has 114 valence electrons. The highest BCUT2D eigenvalue weighted by Crippen LogP contribution is 2.29. The van der Waals surface area contributed by atoms with Gasteiger partial charge >= 0.3 is 5.91 Å². The molecule has 1 aromatic rings. The van der Waals surface area contributed by atoms with Crippen molar-refractivity contribution in [3.05, 3.63) is 22.6 Å². The fourth-order valence-electron chi connectivity index (χ4n) is 2.44. The molecule has 2 atom stereocenters. The number of hydrogen-bond acceptors (Lipinski definition) is 5. The van der Waals surface area contributed by atoms with Crippen molar-refractivity contribution in [2.75, 3.05) is 0 Å². The summed E-state index contributed by atoms with van der Waals surface area (Å²) >= 11 is 3.06. The zero-order valence-corrected chi connectivity index (χ0v) is 12.6. The van der Waals surface area contributed by atoms with Crippen molar-refractivity contribution in [3.63, 3.8) is 0 Å². The summed E-state index contributed by atoms with van der Waals surface area (Å²) in [6, 6.07) is 2.99. The Bertz CT molecular complexity index is 557. The second-order valence-electron chi connectivity index (χ2n) is 4.86. The van der Waals surface area contributed by atoms with E-state index in [0.717, 1.165) is 12.8 Å². The standard InChI is InChI=1S/C13H15BrN2O5/c14-10-6-5-9(21-10)12(18)16-15-11(17)7-3-1-2-4-8(7)13(19)20/h5-8H,1-4H2,(H,15,17)(H,16,18)(H,19,20)/p-1/t7-,8+/m0/s1. The molecule has 0 bridgehead atoms. The molecule has 1 aliphatic carbocycles. The van der Waals surface area contributed by atoms with Crippen LogP contribution in [0.5, 0.6) is 0 Å². The van der Waals surface area contributed by atoms with Gasteiger partial charge in [-0.3, -0.25) is 20.4 Å². The lowest BCUT2D eigenvalue weighted by atomic mass is 9.79. The highest BCUT2D eigenvalue weighted by molar-refractivity contribution is 9.10. The molecule has 7 nitrogen and oxygen atoms in total. The van der Waals surface area contributed by atoms with E-state index in [1.54, 1.807) is 6.07 Å². The number of amides is 2. The second kappa shape index (κ2) is 6.75. The molecule has 1 aromatic heterocycles. The van der Waals surface area contributed by atoms with Crippen molar-refractivity contribution in [2.24, 2.45) is 11.8 Å². The zero-order chi connectivity index (χ0) is 15.4. The molecule has 0 unspecified atom stereocenters. The van der Waals surface area contributed by atoms with Crippen LogP contribution in [0.15, 0.2) is 21.2 Å². The molecule has 21 heavy (non-hydrogen) atoms. The van der Waals surface area contributed by atoms with Crippen LogP contribution < -0.4 is 16.0 Å². The Morgan fingerprint density at radius 2 is 1.81 bits per heavy atom. The zero-order valence-electron chi connectivity index (χ0n) is 11.1. The van der Waals surface area contributed by atoms with Crippen LogP contribution in [0.1, 0.15) is 36.2 Å². The van der Waals surface area contributed by atoms with Crippen molar-refractivity contribution in [2.45, 2.75) is 25.7 Å². The van der Waals surface area contributed by atoms with E-state index >= 15 is 0 Å². The number of hydrazine groups is 1. The lowest BCUT2D eigenvalue weighted by molar-refractivity contribution is -0.314. The quantitative estimate of drug-likeness (QED) is 0.758. The third-order valence-electron chi connectivity index (χ3n) is 3.50. The number of furan rings is 1. The van der Waals surface area contributed by atoms with E-state index in [-0.39, 0.29) is 5.76 Å². The van der Waals surface area contributed by atoms with Crippen LogP contribution in [-0.2, 0) is 9.59 Å². The van der Waals surface area contributed by atoms with Crippen LogP contribution in [-0.4, -0.2) is 17.8 Å². The highest BCUT2D eigenvalue weighted by Gasteiger charge is 2.32. The lowest BCUT2D eigenvalue weighted by Crippen LogP contribution is -2.49. The number of nitrogens with one attached hydrogen (secondary N) is 2. The number of carbonyl (C=O) groups excluding carboxylic acids is 3. The molecule has 0 saturated heterocycles. The highest BCUT2D eigenvalue weighted by atomic mass is 79.9. The summed E-state index contributed by atoms with van der Waals surface area (Å²) in [6.07, 6.45) is 2.42. The molecule has 1 fully saturated rings. The van der Waals surface area contributed by atoms with Crippen LogP contribution >= 0.6 is 15.9 Å². The largest absolute Gasteiger partial charge is 0.550 e. The SMILES string of the molecule is O=C(NNC(=O)[C@H]1CCCC[C@H]1C(=O)[O-])c1ccc(Br)o1. The van der Waals surface area contributed by atoms with Crippen LogP contribution in [0.4, 0.5) is 0 Å². The predicted octanol–water partition coefficient (Wildman–Crippen LogP) is 0.359. The van der Waals surface area contributed by atoms with E-state index in [1.807, 2.05) is 0 Å². The fraction of sp³-hybridized carbons (Fsp3) is 0.462. The molecule has 2 rings (SSSR count). The minimum Gasteiger partial charge on any atom is -0.550 e. The maximum Gasteiger partial charge on any atom is 0.305 e. The van der Waals surface area contributed by atoms with Gasteiger partial charge in [-0.25, -0.2) is 0 Å². The molecular formula is C13H14BrN2O5-. The average Bonchev–Trinajstić information content (AvgIpc) is 2.91. The normalized spacial score (nSPS) is 21.6. The number of carbonyl (C=O) groups is 3. The van der Waals surface area contributed by atoms with Gasteiger partial charge in [-0.05, 0) is 40.9 Å². The number of hydrogen-bond donors (Lipinski definition) is 2. The Labute approximate surface area is 129 Å². The van der Waals surface area contributed by atoms with Gasteiger partial charge in [-0.1, -0.05) is 12.8 Å². The summed E-state index contributed by atoms with van der Waals surface area (Å²) < 4.78 is 5.42. The smallest absolute Gasteiger partial charge is 0.305 e. The minimum atomic E-state index is -1.23. The van der Waals surface area contributed by atoms with Gasteiger partial charge < -0.3 is 14.3 Å². The lowest BCUT2D eigenvalue weighted by Gasteiger charge is -2.30. The molecule has 0 aromatic carbocycles. The second-order valence-corrected chi connectivity index (χ2v) is 5.65. The van der Waals surface area contributed by atoms with Gasteiger partial charge in [-0.15, -0.1) is 0 Å². The molecular weight excluding hydrogens is 344 g/mol. The first-order valence-electron chi connectivity index (χ1n) is 6.55. The molecule has 1 heterocycles. The number of aliphatic carboxylic acids is 1. The summed E-state index contributed by atoms with van der Waals surface area (Å²) in [7, 11) is 0. The Balaban J connectivity index is 1.91. The molecule has 1 aliphatic rings. The number of rotatable bonds is 3. The van der Waals surface area contributed by atoms with Crippen molar-refractivity contribution < 1.29 is 23.9 Å². The van der Waals surface area contributed by atoms with Crippen molar-refractivity contribution in [3.8, 4) is 0 Å².